The highest BCUT2D eigenvalue weighted by molar-refractivity contribution is 6.01. The summed E-state index contributed by atoms with van der Waals surface area (Å²) in [5.41, 5.74) is 6.99. The molecular weight excluding hydrogens is 232 g/mol. The van der Waals surface area contributed by atoms with Crippen molar-refractivity contribution in [2.75, 3.05) is 11.1 Å². The smallest absolute Gasteiger partial charge is 0.249 e. The molecule has 1 aromatic carbocycles. The molecule has 0 bridgehead atoms. The number of nitrogens with one attached hydrogen (secondary N) is 2. The molecule has 6 nitrogen and oxygen atoms in total. The highest BCUT2D eigenvalue weighted by atomic mass is 16.2. The lowest BCUT2D eigenvalue weighted by Crippen LogP contribution is -2.47. The van der Waals surface area contributed by atoms with Crippen LogP contribution in [0.15, 0.2) is 18.2 Å². The zero-order valence-electron chi connectivity index (χ0n) is 9.56. The van der Waals surface area contributed by atoms with E-state index in [9.17, 15) is 9.59 Å². The molecule has 1 aliphatic heterocycles. The molecule has 1 saturated heterocycles. The second-order valence-corrected chi connectivity index (χ2v) is 4.06. The Bertz CT molecular complexity index is 547. The van der Waals surface area contributed by atoms with Crippen molar-refractivity contribution in [1.29, 1.82) is 5.26 Å². The molecule has 1 atom stereocenters. The number of imide groups is 1. The van der Waals surface area contributed by atoms with E-state index in [1.54, 1.807) is 18.2 Å². The van der Waals surface area contributed by atoms with E-state index in [-0.39, 0.29) is 11.8 Å². The predicted octanol–water partition coefficient (Wildman–Crippen LogP) is 0.358. The number of anilines is 2. The molecule has 0 radical (unpaired) electrons. The number of hydrogen-bond acceptors (Lipinski definition) is 5. The normalized spacial score (nSPS) is 18.9. The van der Waals surface area contributed by atoms with Crippen LogP contribution < -0.4 is 16.4 Å². The first-order chi connectivity index (χ1) is 8.60. The van der Waals surface area contributed by atoms with Crippen molar-refractivity contribution in [2.45, 2.75) is 18.9 Å². The Morgan fingerprint density at radius 1 is 1.44 bits per heavy atom. The number of hydrogen-bond donors (Lipinski definition) is 3. The average Bonchev–Trinajstić information content (AvgIpc) is 2.35. The first-order valence-corrected chi connectivity index (χ1v) is 5.50. The van der Waals surface area contributed by atoms with Gasteiger partial charge >= 0.3 is 0 Å². The van der Waals surface area contributed by atoms with Gasteiger partial charge in [-0.2, -0.15) is 5.26 Å². The molecule has 1 unspecified atom stereocenters. The summed E-state index contributed by atoms with van der Waals surface area (Å²) in [6, 6.07) is 6.39. The van der Waals surface area contributed by atoms with Crippen molar-refractivity contribution in [3.8, 4) is 6.07 Å². The maximum Gasteiger partial charge on any atom is 0.249 e. The largest absolute Gasteiger partial charge is 0.398 e. The van der Waals surface area contributed by atoms with Gasteiger partial charge in [-0.05, 0) is 24.6 Å². The molecule has 18 heavy (non-hydrogen) atoms. The van der Waals surface area contributed by atoms with Crippen LogP contribution in [0.3, 0.4) is 0 Å². The van der Waals surface area contributed by atoms with Crippen molar-refractivity contribution < 1.29 is 9.59 Å². The Hall–Kier alpha value is -2.55. The van der Waals surface area contributed by atoms with Crippen LogP contribution in [0.4, 0.5) is 11.4 Å². The molecule has 92 valence electrons. The highest BCUT2D eigenvalue weighted by Gasteiger charge is 2.26. The van der Waals surface area contributed by atoms with Crippen LogP contribution >= 0.6 is 0 Å². The summed E-state index contributed by atoms with van der Waals surface area (Å²) in [6.07, 6.45) is 0.750. The lowest BCUT2D eigenvalue weighted by Gasteiger charge is -2.22. The first kappa shape index (κ1) is 11.9. The van der Waals surface area contributed by atoms with E-state index in [1.807, 2.05) is 6.07 Å². The number of carbonyl (C=O) groups is 2. The van der Waals surface area contributed by atoms with E-state index in [0.29, 0.717) is 29.8 Å². The Labute approximate surface area is 104 Å². The third-order valence-corrected chi connectivity index (χ3v) is 2.75. The molecule has 1 aromatic rings. The van der Waals surface area contributed by atoms with Gasteiger partial charge in [0, 0.05) is 17.8 Å². The number of piperidine rings is 1. The first-order valence-electron chi connectivity index (χ1n) is 5.50. The zero-order chi connectivity index (χ0) is 13.1. The molecule has 1 heterocycles. The standard InChI is InChI=1S/C12H12N4O2/c13-6-7-5-8(1-2-9(7)14)15-10-3-4-11(17)16-12(10)18/h1-2,5,10,15H,3-4,14H2,(H,16,17,18). The van der Waals surface area contributed by atoms with Gasteiger partial charge in [0.15, 0.2) is 0 Å². The number of nitrogens with two attached hydrogens (primary N) is 1. The third-order valence-electron chi connectivity index (χ3n) is 2.75. The van der Waals surface area contributed by atoms with Gasteiger partial charge in [-0.1, -0.05) is 0 Å². The van der Waals surface area contributed by atoms with Crippen LogP contribution in [0.25, 0.3) is 0 Å². The summed E-state index contributed by atoms with van der Waals surface area (Å²) < 4.78 is 0. The fourth-order valence-corrected chi connectivity index (χ4v) is 1.78. The van der Waals surface area contributed by atoms with Crippen molar-refractivity contribution in [3.63, 3.8) is 0 Å². The number of amides is 2. The highest BCUT2D eigenvalue weighted by Crippen LogP contribution is 2.19. The number of carbonyl (C=O) groups excluding carboxylic acids is 2. The van der Waals surface area contributed by atoms with Crippen LogP contribution in [0.5, 0.6) is 0 Å². The van der Waals surface area contributed by atoms with Crippen LogP contribution in [-0.2, 0) is 9.59 Å². The molecule has 0 spiro atoms. The molecular formula is C12H12N4O2. The second kappa shape index (κ2) is 4.75. The lowest BCUT2D eigenvalue weighted by atomic mass is 10.1. The van der Waals surface area contributed by atoms with Gasteiger partial charge in [0.2, 0.25) is 11.8 Å². The van der Waals surface area contributed by atoms with Gasteiger partial charge in [0.1, 0.15) is 12.1 Å². The Morgan fingerprint density at radius 2 is 2.22 bits per heavy atom. The van der Waals surface area contributed by atoms with Crippen molar-refractivity contribution >= 4 is 23.2 Å². The lowest BCUT2D eigenvalue weighted by molar-refractivity contribution is -0.133. The Kier molecular flexibility index (Phi) is 3.15. The topological polar surface area (TPSA) is 108 Å². The molecule has 1 aliphatic rings. The minimum absolute atomic E-state index is 0.256. The number of nitrogen functional groups attached to an aromatic ring is 1. The average molecular weight is 244 g/mol. The van der Waals surface area contributed by atoms with Crippen molar-refractivity contribution in [2.24, 2.45) is 0 Å². The molecule has 0 aliphatic carbocycles. The van der Waals surface area contributed by atoms with E-state index in [2.05, 4.69) is 10.6 Å². The van der Waals surface area contributed by atoms with Crippen molar-refractivity contribution in [1.82, 2.24) is 5.32 Å². The molecule has 2 amide bonds. The van der Waals surface area contributed by atoms with E-state index in [0.717, 1.165) is 0 Å². The summed E-state index contributed by atoms with van der Waals surface area (Å²) >= 11 is 0. The number of nitrogens with zero attached hydrogens (tertiary/aromatic N) is 1. The zero-order valence-corrected chi connectivity index (χ0v) is 9.56. The van der Waals surface area contributed by atoms with E-state index >= 15 is 0 Å². The minimum Gasteiger partial charge on any atom is -0.398 e. The third kappa shape index (κ3) is 2.40. The number of nitriles is 1. The fraction of sp³-hybridized carbons (Fsp3) is 0.250. The molecule has 4 N–H and O–H groups in total. The van der Waals surface area contributed by atoms with E-state index in [4.69, 9.17) is 11.0 Å². The van der Waals surface area contributed by atoms with Crippen LogP contribution in [0.2, 0.25) is 0 Å². The summed E-state index contributed by atoms with van der Waals surface area (Å²) in [6.45, 7) is 0. The van der Waals surface area contributed by atoms with E-state index in [1.165, 1.54) is 0 Å². The monoisotopic (exact) mass is 244 g/mol. The maximum atomic E-state index is 11.5. The van der Waals surface area contributed by atoms with E-state index < -0.39 is 6.04 Å². The predicted molar refractivity (Wildman–Crippen MR) is 65.4 cm³/mol. The van der Waals surface area contributed by atoms with Gasteiger partial charge in [-0.15, -0.1) is 0 Å². The van der Waals surface area contributed by atoms with Crippen LogP contribution in [0, 0.1) is 11.3 Å². The van der Waals surface area contributed by atoms with Gasteiger partial charge in [0.25, 0.3) is 0 Å². The SMILES string of the molecule is N#Cc1cc(NC2CCC(=O)NC2=O)ccc1N. The van der Waals surface area contributed by atoms with Crippen molar-refractivity contribution in [3.05, 3.63) is 23.8 Å². The summed E-state index contributed by atoms with van der Waals surface area (Å²) in [7, 11) is 0. The second-order valence-electron chi connectivity index (χ2n) is 4.06. The van der Waals surface area contributed by atoms with Gasteiger partial charge in [0.05, 0.1) is 5.56 Å². The van der Waals surface area contributed by atoms with Crippen LogP contribution in [-0.4, -0.2) is 17.9 Å². The Morgan fingerprint density at radius 3 is 2.89 bits per heavy atom. The molecule has 0 aromatic heterocycles. The fourth-order valence-electron chi connectivity index (χ4n) is 1.78. The quantitative estimate of drug-likeness (QED) is 0.514. The molecule has 2 rings (SSSR count). The summed E-state index contributed by atoms with van der Waals surface area (Å²) in [4.78, 5) is 22.5. The molecule has 6 heteroatoms. The summed E-state index contributed by atoms with van der Waals surface area (Å²) in [5.74, 6) is -0.602. The van der Waals surface area contributed by atoms with Gasteiger partial charge in [-0.3, -0.25) is 14.9 Å². The summed E-state index contributed by atoms with van der Waals surface area (Å²) in [5, 5.41) is 14.1. The number of benzene rings is 1. The van der Waals surface area contributed by atoms with Gasteiger partial charge in [-0.25, -0.2) is 0 Å². The number of rotatable bonds is 2. The molecule has 1 fully saturated rings. The Balaban J connectivity index is 2.12. The minimum atomic E-state index is -0.460. The molecule has 0 saturated carbocycles. The van der Waals surface area contributed by atoms with Crippen LogP contribution in [0.1, 0.15) is 18.4 Å². The van der Waals surface area contributed by atoms with Gasteiger partial charge < -0.3 is 11.1 Å². The maximum absolute atomic E-state index is 11.5.